The summed E-state index contributed by atoms with van der Waals surface area (Å²) in [6, 6.07) is 0. The molecule has 11 heavy (non-hydrogen) atoms. The van der Waals surface area contributed by atoms with Crippen molar-refractivity contribution in [2.45, 2.75) is 12.8 Å². The van der Waals surface area contributed by atoms with E-state index in [1.807, 2.05) is 0 Å². The molecule has 2 rings (SSSR count). The second-order valence-corrected chi connectivity index (χ2v) is 3.69. The maximum absolute atomic E-state index is 10.6. The third-order valence-corrected chi connectivity index (χ3v) is 2.82. The van der Waals surface area contributed by atoms with E-state index >= 15 is 0 Å². The summed E-state index contributed by atoms with van der Waals surface area (Å²) in [5.74, 6) is -0.0253. The van der Waals surface area contributed by atoms with Gasteiger partial charge in [0.25, 0.3) is 0 Å². The molecule has 2 unspecified atom stereocenters. The van der Waals surface area contributed by atoms with E-state index in [1.165, 1.54) is 6.42 Å². The van der Waals surface area contributed by atoms with Crippen molar-refractivity contribution in [2.24, 2.45) is 11.8 Å². The molecule has 0 aliphatic carbocycles. The number of hydrogen-bond donors (Lipinski definition) is 1. The van der Waals surface area contributed by atoms with E-state index in [9.17, 15) is 4.79 Å². The van der Waals surface area contributed by atoms with Gasteiger partial charge in [0.1, 0.15) is 0 Å². The number of carbonyl (C=O) groups is 1. The highest BCUT2D eigenvalue weighted by atomic mass is 16.4. The van der Waals surface area contributed by atoms with E-state index in [0.717, 1.165) is 26.1 Å². The van der Waals surface area contributed by atoms with Crippen LogP contribution in [-0.4, -0.2) is 35.6 Å². The second-order valence-electron chi connectivity index (χ2n) is 3.69. The lowest BCUT2D eigenvalue weighted by atomic mass is 9.92. The molecule has 3 nitrogen and oxygen atoms in total. The largest absolute Gasteiger partial charge is 0.481 e. The molecule has 0 radical (unpaired) electrons. The van der Waals surface area contributed by atoms with Crippen molar-refractivity contribution >= 4 is 5.97 Å². The first-order valence-electron chi connectivity index (χ1n) is 4.21. The smallest absolute Gasteiger partial charge is 0.307 e. The molecule has 2 bridgehead atoms. The maximum Gasteiger partial charge on any atom is 0.307 e. The molecule has 2 heterocycles. The fraction of sp³-hybridized carbons (Fsp3) is 0.875. The fourth-order valence-corrected chi connectivity index (χ4v) is 2.24. The van der Waals surface area contributed by atoms with Crippen LogP contribution in [0.1, 0.15) is 12.8 Å². The van der Waals surface area contributed by atoms with Crippen LogP contribution in [0.3, 0.4) is 0 Å². The quantitative estimate of drug-likeness (QED) is 0.596. The molecule has 0 saturated carbocycles. The monoisotopic (exact) mass is 155 g/mol. The SMILES string of the molecule is O=C(O)[C@H]1CC2CCN(C2)C1. The van der Waals surface area contributed by atoms with Crippen molar-refractivity contribution < 1.29 is 9.90 Å². The van der Waals surface area contributed by atoms with Crippen LogP contribution >= 0.6 is 0 Å². The minimum absolute atomic E-state index is 0.0868. The first-order chi connectivity index (χ1) is 5.25. The normalized spacial score (nSPS) is 42.4. The van der Waals surface area contributed by atoms with Crippen LogP contribution in [0.25, 0.3) is 0 Å². The molecule has 62 valence electrons. The minimum atomic E-state index is -0.610. The fourth-order valence-electron chi connectivity index (χ4n) is 2.24. The van der Waals surface area contributed by atoms with Crippen LogP contribution in [0.15, 0.2) is 0 Å². The Morgan fingerprint density at radius 3 is 2.91 bits per heavy atom. The summed E-state index contributed by atoms with van der Waals surface area (Å²) in [5, 5.41) is 8.77. The average molecular weight is 155 g/mol. The zero-order chi connectivity index (χ0) is 7.84. The van der Waals surface area contributed by atoms with Gasteiger partial charge in [0.2, 0.25) is 0 Å². The first kappa shape index (κ1) is 7.10. The molecule has 1 N–H and O–H groups in total. The molecule has 2 aliphatic rings. The van der Waals surface area contributed by atoms with Gasteiger partial charge in [-0.1, -0.05) is 0 Å². The van der Waals surface area contributed by atoms with Gasteiger partial charge in [0.05, 0.1) is 5.92 Å². The van der Waals surface area contributed by atoms with Crippen LogP contribution in [0.4, 0.5) is 0 Å². The van der Waals surface area contributed by atoms with Gasteiger partial charge in [0, 0.05) is 13.1 Å². The molecule has 2 fully saturated rings. The van der Waals surface area contributed by atoms with E-state index in [4.69, 9.17) is 5.11 Å². The standard InChI is InChI=1S/C8H13NO2/c10-8(11)7-3-6-1-2-9(4-6)5-7/h6-7H,1-5H2,(H,10,11)/t6?,7-/m0/s1. The van der Waals surface area contributed by atoms with Crippen molar-refractivity contribution in [1.29, 1.82) is 0 Å². The molecular formula is C8H13NO2. The van der Waals surface area contributed by atoms with Gasteiger partial charge in [0.15, 0.2) is 0 Å². The van der Waals surface area contributed by atoms with E-state index in [0.29, 0.717) is 5.92 Å². The highest BCUT2D eigenvalue weighted by molar-refractivity contribution is 5.70. The molecule has 0 aromatic rings. The number of hydrogen-bond acceptors (Lipinski definition) is 2. The molecule has 2 saturated heterocycles. The lowest BCUT2D eigenvalue weighted by molar-refractivity contribution is -0.143. The van der Waals surface area contributed by atoms with Crippen molar-refractivity contribution in [2.75, 3.05) is 19.6 Å². The Morgan fingerprint density at radius 2 is 2.27 bits per heavy atom. The number of aliphatic carboxylic acids is 1. The molecular weight excluding hydrogens is 142 g/mol. The van der Waals surface area contributed by atoms with E-state index in [-0.39, 0.29) is 5.92 Å². The van der Waals surface area contributed by atoms with Crippen molar-refractivity contribution in [1.82, 2.24) is 4.90 Å². The lowest BCUT2D eigenvalue weighted by Crippen LogP contribution is -2.36. The Hall–Kier alpha value is -0.570. The summed E-state index contributed by atoms with van der Waals surface area (Å²) in [6.45, 7) is 3.05. The van der Waals surface area contributed by atoms with Crippen molar-refractivity contribution in [3.63, 3.8) is 0 Å². The zero-order valence-corrected chi connectivity index (χ0v) is 6.49. The molecule has 0 aromatic heterocycles. The highest BCUT2D eigenvalue weighted by Crippen LogP contribution is 2.30. The van der Waals surface area contributed by atoms with Crippen molar-refractivity contribution in [3.8, 4) is 0 Å². The molecule has 0 aromatic carbocycles. The first-order valence-corrected chi connectivity index (χ1v) is 4.21. The lowest BCUT2D eigenvalue weighted by Gasteiger charge is -2.26. The van der Waals surface area contributed by atoms with Crippen LogP contribution < -0.4 is 0 Å². The molecule has 2 aliphatic heterocycles. The number of nitrogens with zero attached hydrogens (tertiary/aromatic N) is 1. The van der Waals surface area contributed by atoms with Crippen LogP contribution in [0.2, 0.25) is 0 Å². The molecule has 3 heteroatoms. The predicted octanol–water partition coefficient (Wildman–Crippen LogP) is 0.413. The number of fused-ring (bicyclic) bond motifs is 2. The zero-order valence-electron chi connectivity index (χ0n) is 6.49. The highest BCUT2D eigenvalue weighted by Gasteiger charge is 2.35. The second kappa shape index (κ2) is 2.48. The van der Waals surface area contributed by atoms with Gasteiger partial charge in [-0.2, -0.15) is 0 Å². The molecule has 0 spiro atoms. The third kappa shape index (κ3) is 1.25. The van der Waals surface area contributed by atoms with Gasteiger partial charge in [-0.15, -0.1) is 0 Å². The van der Waals surface area contributed by atoms with Crippen LogP contribution in [0.5, 0.6) is 0 Å². The van der Waals surface area contributed by atoms with E-state index in [1.54, 1.807) is 0 Å². The number of piperidine rings is 1. The summed E-state index contributed by atoms with van der Waals surface area (Å²) >= 11 is 0. The predicted molar refractivity (Wildman–Crippen MR) is 40.3 cm³/mol. The third-order valence-electron chi connectivity index (χ3n) is 2.82. The Kier molecular flexibility index (Phi) is 1.60. The summed E-state index contributed by atoms with van der Waals surface area (Å²) < 4.78 is 0. The number of rotatable bonds is 1. The molecule has 3 atom stereocenters. The van der Waals surface area contributed by atoms with Crippen molar-refractivity contribution in [3.05, 3.63) is 0 Å². The summed E-state index contributed by atoms with van der Waals surface area (Å²) in [5.41, 5.74) is 0. The Balaban J connectivity index is 2.02. The molecule has 0 amide bonds. The van der Waals surface area contributed by atoms with Gasteiger partial charge in [-0.3, -0.25) is 4.79 Å². The maximum atomic E-state index is 10.6. The Labute approximate surface area is 66.0 Å². The minimum Gasteiger partial charge on any atom is -0.481 e. The van der Waals surface area contributed by atoms with E-state index in [2.05, 4.69) is 4.90 Å². The summed E-state index contributed by atoms with van der Waals surface area (Å²) in [4.78, 5) is 12.9. The van der Waals surface area contributed by atoms with Crippen LogP contribution in [-0.2, 0) is 4.79 Å². The van der Waals surface area contributed by atoms with Gasteiger partial charge in [-0.05, 0) is 25.3 Å². The van der Waals surface area contributed by atoms with Gasteiger partial charge in [-0.25, -0.2) is 0 Å². The summed E-state index contributed by atoms with van der Waals surface area (Å²) in [6.07, 6.45) is 2.12. The van der Waals surface area contributed by atoms with E-state index < -0.39 is 5.97 Å². The summed E-state index contributed by atoms with van der Waals surface area (Å²) in [7, 11) is 0. The Morgan fingerprint density at radius 1 is 1.45 bits per heavy atom. The number of carboxylic acid groups (broad SMARTS) is 1. The number of carboxylic acids is 1. The van der Waals surface area contributed by atoms with Gasteiger partial charge >= 0.3 is 5.97 Å². The van der Waals surface area contributed by atoms with Gasteiger partial charge < -0.3 is 10.0 Å². The average Bonchev–Trinajstić information content (AvgIpc) is 2.30. The van der Waals surface area contributed by atoms with Crippen LogP contribution in [0, 0.1) is 11.8 Å². The topological polar surface area (TPSA) is 40.5 Å². The Bertz CT molecular complexity index is 169.